The Hall–Kier alpha value is -2.46. The van der Waals surface area contributed by atoms with Crippen LogP contribution >= 0.6 is 15.6 Å². The summed E-state index contributed by atoms with van der Waals surface area (Å²) in [4.78, 5) is 73.1. The molecule has 0 radical (unpaired) electrons. The third kappa shape index (κ3) is 77.5. The molecule has 5 atom stereocenters. The van der Waals surface area contributed by atoms with Gasteiger partial charge >= 0.3 is 39.5 Å². The predicted molar refractivity (Wildman–Crippen MR) is 423 cm³/mol. The summed E-state index contributed by atoms with van der Waals surface area (Å²) in [6.07, 6.45) is 69.0. The molecule has 0 aliphatic carbocycles. The summed E-state index contributed by atoms with van der Waals surface area (Å²) in [6, 6.07) is 0. The molecule has 0 saturated carbocycles. The molecule has 0 spiro atoms. The van der Waals surface area contributed by atoms with Crippen molar-refractivity contribution in [1.29, 1.82) is 0 Å². The number of unbranched alkanes of at least 4 members (excludes halogenated alkanes) is 48. The Morgan fingerprint density at radius 3 is 0.796 bits per heavy atom. The Bertz CT molecular complexity index is 2070. The number of aliphatic hydroxyl groups is 1. The average molecular weight is 1500 g/mol. The molecule has 0 fully saturated rings. The lowest BCUT2D eigenvalue weighted by Crippen LogP contribution is -2.30. The SMILES string of the molecule is CCCCCC/C=C\C=C/CCCCCCCC(=O)OC[C@H](COP(=O)(O)OC[C@@H](O)COP(=O)(O)OC[C@@H](COC(=O)CCCCCCCCCCC(C)C)OC(=O)CCCCCCCCCCCCCCC(C)C)OC(=O)CCCCCCCCCCCCCCCCCCCCCCCC. The van der Waals surface area contributed by atoms with Gasteiger partial charge in [0.25, 0.3) is 0 Å². The van der Waals surface area contributed by atoms with Crippen molar-refractivity contribution < 1.29 is 80.2 Å². The molecule has 2 unspecified atom stereocenters. The Balaban J connectivity index is 5.25. The van der Waals surface area contributed by atoms with Crippen LogP contribution in [0.3, 0.4) is 0 Å². The molecular formula is C84H160O17P2. The molecule has 0 aromatic rings. The van der Waals surface area contributed by atoms with E-state index in [2.05, 4.69) is 65.8 Å². The van der Waals surface area contributed by atoms with Gasteiger partial charge in [-0.2, -0.15) is 0 Å². The highest BCUT2D eigenvalue weighted by Crippen LogP contribution is 2.45. The monoisotopic (exact) mass is 1500 g/mol. The van der Waals surface area contributed by atoms with Crippen LogP contribution in [0.2, 0.25) is 0 Å². The lowest BCUT2D eigenvalue weighted by atomic mass is 10.0. The number of rotatable bonds is 81. The number of hydrogen-bond acceptors (Lipinski definition) is 15. The highest BCUT2D eigenvalue weighted by atomic mass is 31.2. The second-order valence-electron chi connectivity index (χ2n) is 30.5. The van der Waals surface area contributed by atoms with E-state index in [-0.39, 0.29) is 25.7 Å². The number of esters is 4. The van der Waals surface area contributed by atoms with Gasteiger partial charge in [0.05, 0.1) is 26.4 Å². The molecule has 103 heavy (non-hydrogen) atoms. The van der Waals surface area contributed by atoms with Gasteiger partial charge in [0, 0.05) is 25.7 Å². The van der Waals surface area contributed by atoms with Crippen molar-refractivity contribution >= 4 is 39.5 Å². The van der Waals surface area contributed by atoms with Gasteiger partial charge in [0.1, 0.15) is 19.3 Å². The van der Waals surface area contributed by atoms with E-state index in [4.69, 9.17) is 37.0 Å². The number of allylic oxidation sites excluding steroid dienone is 4. The Labute approximate surface area is 631 Å². The Morgan fingerprint density at radius 1 is 0.301 bits per heavy atom. The van der Waals surface area contributed by atoms with Gasteiger partial charge in [-0.25, -0.2) is 9.13 Å². The second-order valence-corrected chi connectivity index (χ2v) is 33.4. The maximum absolute atomic E-state index is 13.1. The topological polar surface area (TPSA) is 237 Å². The molecular weight excluding hydrogens is 1340 g/mol. The van der Waals surface area contributed by atoms with Crippen LogP contribution in [0.15, 0.2) is 24.3 Å². The highest BCUT2D eigenvalue weighted by molar-refractivity contribution is 7.47. The number of hydrogen-bond donors (Lipinski definition) is 3. The number of carbonyl (C=O) groups excluding carboxylic acids is 4. The summed E-state index contributed by atoms with van der Waals surface area (Å²) in [7, 11) is -9.94. The van der Waals surface area contributed by atoms with Crippen LogP contribution in [0.4, 0.5) is 0 Å². The summed E-state index contributed by atoms with van der Waals surface area (Å²) in [5.41, 5.74) is 0. The maximum atomic E-state index is 13.1. The zero-order valence-corrected chi connectivity index (χ0v) is 68.9. The minimum atomic E-state index is -4.97. The van der Waals surface area contributed by atoms with E-state index in [1.165, 1.54) is 218 Å². The number of aliphatic hydroxyl groups excluding tert-OH is 1. The molecule has 0 aliphatic rings. The van der Waals surface area contributed by atoms with Crippen LogP contribution in [0, 0.1) is 11.8 Å². The number of ether oxygens (including phenoxy) is 4. The Morgan fingerprint density at radius 2 is 0.524 bits per heavy atom. The van der Waals surface area contributed by atoms with Crippen molar-refractivity contribution in [3.8, 4) is 0 Å². The van der Waals surface area contributed by atoms with Gasteiger partial charge in [-0.15, -0.1) is 0 Å². The normalized spacial score (nSPS) is 14.0. The smallest absolute Gasteiger partial charge is 0.462 e. The van der Waals surface area contributed by atoms with Crippen molar-refractivity contribution in [3.05, 3.63) is 24.3 Å². The van der Waals surface area contributed by atoms with E-state index < -0.39 is 97.5 Å². The second kappa shape index (κ2) is 75.0. The first-order valence-electron chi connectivity index (χ1n) is 42.8. The van der Waals surface area contributed by atoms with Crippen molar-refractivity contribution in [2.45, 2.75) is 439 Å². The molecule has 0 rings (SSSR count). The quantitative estimate of drug-likeness (QED) is 0.0169. The zero-order valence-electron chi connectivity index (χ0n) is 67.1. The summed E-state index contributed by atoms with van der Waals surface area (Å²) < 4.78 is 68.8. The number of carbonyl (C=O) groups is 4. The van der Waals surface area contributed by atoms with E-state index >= 15 is 0 Å². The van der Waals surface area contributed by atoms with Gasteiger partial charge in [-0.05, 0) is 63.2 Å². The molecule has 17 nitrogen and oxygen atoms in total. The molecule has 0 heterocycles. The lowest BCUT2D eigenvalue weighted by Gasteiger charge is -2.21. The van der Waals surface area contributed by atoms with Crippen LogP contribution in [0.1, 0.15) is 420 Å². The minimum absolute atomic E-state index is 0.102. The van der Waals surface area contributed by atoms with Crippen LogP contribution in [0.25, 0.3) is 0 Å². The van der Waals surface area contributed by atoms with Crippen LogP contribution < -0.4 is 0 Å². The third-order valence-electron chi connectivity index (χ3n) is 19.1. The predicted octanol–water partition coefficient (Wildman–Crippen LogP) is 25.0. The molecule has 3 N–H and O–H groups in total. The standard InChI is InChI=1S/C84H160O17P2/c1-7-9-11-13-15-17-19-21-23-24-25-26-27-28-29-31-33-38-42-50-56-62-68-83(88)100-79(72-94-81(86)66-60-54-48-41-37-32-30-22-20-18-16-14-12-10-8-2)74-98-102(90,91)96-70-78(85)71-97-103(92,93)99-75-80(73-95-82(87)67-61-55-49-45-44-47-53-59-65-77(5)6)101-84(89)69-63-57-51-43-39-35-34-36-40-46-52-58-64-76(3)4/h18,20,22,30,76-80,85H,7-17,19,21,23-29,31-75H2,1-6H3,(H,90,91)(H,92,93)/b20-18-,30-22-/t78-,79-,80-/m1/s1. The molecule has 0 aliphatic heterocycles. The maximum Gasteiger partial charge on any atom is 0.472 e. The molecule has 608 valence electrons. The summed E-state index contributed by atoms with van der Waals surface area (Å²) in [6.45, 7) is 9.55. The first-order chi connectivity index (χ1) is 49.9. The van der Waals surface area contributed by atoms with Crippen molar-refractivity contribution in [1.82, 2.24) is 0 Å². The lowest BCUT2D eigenvalue weighted by molar-refractivity contribution is -0.161. The summed E-state index contributed by atoms with van der Waals surface area (Å²) in [5, 5.41) is 10.7. The largest absolute Gasteiger partial charge is 0.472 e. The molecule has 0 aromatic heterocycles. The molecule has 0 bridgehead atoms. The van der Waals surface area contributed by atoms with E-state index in [1.807, 2.05) is 0 Å². The van der Waals surface area contributed by atoms with E-state index in [9.17, 15) is 43.2 Å². The third-order valence-corrected chi connectivity index (χ3v) is 21.0. The molecule has 0 saturated heterocycles. The molecule has 19 heteroatoms. The van der Waals surface area contributed by atoms with Crippen LogP contribution in [-0.4, -0.2) is 96.7 Å². The molecule has 0 aromatic carbocycles. The van der Waals surface area contributed by atoms with E-state index in [1.54, 1.807) is 0 Å². The van der Waals surface area contributed by atoms with E-state index in [0.29, 0.717) is 25.7 Å². The Kier molecular flexibility index (Phi) is 73.2. The van der Waals surface area contributed by atoms with Crippen LogP contribution in [-0.2, 0) is 65.4 Å². The minimum Gasteiger partial charge on any atom is -0.462 e. The van der Waals surface area contributed by atoms with Crippen LogP contribution in [0.5, 0.6) is 0 Å². The number of phosphoric ester groups is 2. The van der Waals surface area contributed by atoms with Gasteiger partial charge in [-0.1, -0.05) is 368 Å². The highest BCUT2D eigenvalue weighted by Gasteiger charge is 2.30. The van der Waals surface area contributed by atoms with Crippen molar-refractivity contribution in [2.75, 3.05) is 39.6 Å². The van der Waals surface area contributed by atoms with Gasteiger partial charge in [-0.3, -0.25) is 37.3 Å². The van der Waals surface area contributed by atoms with Gasteiger partial charge in [0.15, 0.2) is 12.2 Å². The number of phosphoric acid groups is 2. The molecule has 0 amide bonds. The first-order valence-corrected chi connectivity index (χ1v) is 45.8. The van der Waals surface area contributed by atoms with Gasteiger partial charge < -0.3 is 33.8 Å². The summed E-state index contributed by atoms with van der Waals surface area (Å²) >= 11 is 0. The van der Waals surface area contributed by atoms with Gasteiger partial charge in [0.2, 0.25) is 0 Å². The fourth-order valence-corrected chi connectivity index (χ4v) is 14.1. The van der Waals surface area contributed by atoms with Crippen molar-refractivity contribution in [2.24, 2.45) is 11.8 Å². The fraction of sp³-hybridized carbons (Fsp3) is 0.905. The zero-order chi connectivity index (χ0) is 75.6. The summed E-state index contributed by atoms with van der Waals surface area (Å²) in [5.74, 6) is -0.638. The van der Waals surface area contributed by atoms with Crippen molar-refractivity contribution in [3.63, 3.8) is 0 Å². The average Bonchev–Trinajstić information content (AvgIpc) is 0.940. The van der Waals surface area contributed by atoms with E-state index in [0.717, 1.165) is 121 Å². The fourth-order valence-electron chi connectivity index (χ4n) is 12.5. The first kappa shape index (κ1) is 101.